The van der Waals surface area contributed by atoms with Crippen molar-refractivity contribution >= 4 is 16.0 Å². The second-order valence-electron chi connectivity index (χ2n) is 3.72. The number of aliphatic imine (C=N–C) groups is 1. The summed E-state index contributed by atoms with van der Waals surface area (Å²) in [5.74, 6) is 2.98. The van der Waals surface area contributed by atoms with Crippen LogP contribution in [0.15, 0.2) is 4.99 Å². The molecule has 0 rings (SSSR count). The number of sulfonamides is 1. The van der Waals surface area contributed by atoms with E-state index in [4.69, 9.17) is 6.42 Å². The lowest BCUT2D eigenvalue weighted by Crippen LogP contribution is -2.38. The Balaban J connectivity index is 4.47. The van der Waals surface area contributed by atoms with Crippen LogP contribution in [-0.2, 0) is 10.0 Å². The SMILES string of the molecule is C#CCNC(=NCCS(=O)(=O)N(CC)CC)NCC. The Labute approximate surface area is 116 Å². The van der Waals surface area contributed by atoms with Gasteiger partial charge in [-0.3, -0.25) is 4.99 Å². The first-order valence-electron chi connectivity index (χ1n) is 6.45. The van der Waals surface area contributed by atoms with E-state index in [2.05, 4.69) is 21.5 Å². The van der Waals surface area contributed by atoms with Crippen LogP contribution in [-0.4, -0.2) is 57.2 Å². The summed E-state index contributed by atoms with van der Waals surface area (Å²) in [5, 5.41) is 5.90. The van der Waals surface area contributed by atoms with E-state index in [9.17, 15) is 8.42 Å². The highest BCUT2D eigenvalue weighted by Gasteiger charge is 2.17. The van der Waals surface area contributed by atoms with E-state index in [0.717, 1.165) is 0 Å². The molecule has 0 aliphatic carbocycles. The zero-order chi connectivity index (χ0) is 14.7. The molecule has 2 N–H and O–H groups in total. The number of guanidine groups is 1. The third-order valence-electron chi connectivity index (χ3n) is 2.42. The van der Waals surface area contributed by atoms with Gasteiger partial charge in [0.15, 0.2) is 5.96 Å². The van der Waals surface area contributed by atoms with Gasteiger partial charge in [0.05, 0.1) is 18.8 Å². The second-order valence-corrected chi connectivity index (χ2v) is 5.81. The van der Waals surface area contributed by atoms with Gasteiger partial charge in [0.1, 0.15) is 0 Å². The van der Waals surface area contributed by atoms with E-state index < -0.39 is 10.0 Å². The average Bonchev–Trinajstić information content (AvgIpc) is 2.36. The van der Waals surface area contributed by atoms with E-state index >= 15 is 0 Å². The van der Waals surface area contributed by atoms with Gasteiger partial charge in [-0.15, -0.1) is 6.42 Å². The largest absolute Gasteiger partial charge is 0.357 e. The van der Waals surface area contributed by atoms with Crippen LogP contribution in [0.2, 0.25) is 0 Å². The van der Waals surface area contributed by atoms with Crippen LogP contribution in [0.5, 0.6) is 0 Å². The van der Waals surface area contributed by atoms with Crippen molar-refractivity contribution in [3.8, 4) is 12.3 Å². The van der Waals surface area contributed by atoms with Crippen molar-refractivity contribution in [3.05, 3.63) is 0 Å². The normalized spacial score (nSPS) is 12.3. The maximum Gasteiger partial charge on any atom is 0.215 e. The van der Waals surface area contributed by atoms with Crippen LogP contribution in [0.3, 0.4) is 0 Å². The molecule has 110 valence electrons. The molecule has 0 spiro atoms. The van der Waals surface area contributed by atoms with Gasteiger partial charge in [0.25, 0.3) is 0 Å². The molecule has 7 heteroatoms. The summed E-state index contributed by atoms with van der Waals surface area (Å²) >= 11 is 0. The van der Waals surface area contributed by atoms with Crippen LogP contribution in [0.1, 0.15) is 20.8 Å². The van der Waals surface area contributed by atoms with Crippen LogP contribution in [0.4, 0.5) is 0 Å². The van der Waals surface area contributed by atoms with Crippen LogP contribution in [0.25, 0.3) is 0 Å². The number of terminal acetylenes is 1. The molecule has 6 nitrogen and oxygen atoms in total. The van der Waals surface area contributed by atoms with Crippen molar-refractivity contribution in [1.29, 1.82) is 0 Å². The Hall–Kier alpha value is -1.26. The van der Waals surface area contributed by atoms with E-state index in [1.807, 2.05) is 20.8 Å². The number of rotatable bonds is 8. The van der Waals surface area contributed by atoms with Gasteiger partial charge < -0.3 is 10.6 Å². The molecule has 0 aliphatic heterocycles. The van der Waals surface area contributed by atoms with E-state index in [1.54, 1.807) is 0 Å². The molecule has 0 amide bonds. The van der Waals surface area contributed by atoms with Gasteiger partial charge in [-0.05, 0) is 6.92 Å². The van der Waals surface area contributed by atoms with Crippen LogP contribution < -0.4 is 10.6 Å². The first-order chi connectivity index (χ1) is 9.01. The average molecular weight is 288 g/mol. The van der Waals surface area contributed by atoms with Crippen molar-refractivity contribution in [2.24, 2.45) is 4.99 Å². The second kappa shape index (κ2) is 9.64. The zero-order valence-electron chi connectivity index (χ0n) is 11.9. The van der Waals surface area contributed by atoms with Gasteiger partial charge >= 0.3 is 0 Å². The molecular weight excluding hydrogens is 264 g/mol. The third kappa shape index (κ3) is 7.03. The summed E-state index contributed by atoms with van der Waals surface area (Å²) in [5.41, 5.74) is 0. The molecule has 19 heavy (non-hydrogen) atoms. The summed E-state index contributed by atoms with van der Waals surface area (Å²) in [7, 11) is -3.22. The quantitative estimate of drug-likeness (QED) is 0.370. The van der Waals surface area contributed by atoms with E-state index in [-0.39, 0.29) is 12.3 Å². The Morgan fingerprint density at radius 3 is 2.37 bits per heavy atom. The number of nitrogens with one attached hydrogen (secondary N) is 2. The highest BCUT2D eigenvalue weighted by molar-refractivity contribution is 7.89. The van der Waals surface area contributed by atoms with E-state index in [1.165, 1.54) is 4.31 Å². The molecule has 0 saturated carbocycles. The molecule has 0 fully saturated rings. The summed E-state index contributed by atoms with van der Waals surface area (Å²) in [6.07, 6.45) is 5.15. The van der Waals surface area contributed by atoms with Gasteiger partial charge in [-0.2, -0.15) is 0 Å². The Morgan fingerprint density at radius 2 is 1.89 bits per heavy atom. The van der Waals surface area contributed by atoms with Gasteiger partial charge in [0.2, 0.25) is 10.0 Å². The van der Waals surface area contributed by atoms with Crippen LogP contribution >= 0.6 is 0 Å². The Morgan fingerprint density at radius 1 is 1.26 bits per heavy atom. The first kappa shape index (κ1) is 17.7. The fourth-order valence-corrected chi connectivity index (χ4v) is 2.86. The molecule has 0 heterocycles. The fraction of sp³-hybridized carbons (Fsp3) is 0.750. The van der Waals surface area contributed by atoms with Gasteiger partial charge in [0, 0.05) is 19.6 Å². The molecule has 0 aromatic carbocycles. The topological polar surface area (TPSA) is 73.8 Å². The van der Waals surface area contributed by atoms with Gasteiger partial charge in [-0.1, -0.05) is 19.8 Å². The highest BCUT2D eigenvalue weighted by Crippen LogP contribution is 2.00. The molecular formula is C12H24N4O2S. The molecule has 0 saturated heterocycles. The molecule has 0 radical (unpaired) electrons. The summed E-state index contributed by atoms with van der Waals surface area (Å²) < 4.78 is 25.3. The maximum atomic E-state index is 11.9. The molecule has 0 aromatic rings. The van der Waals surface area contributed by atoms with E-state index in [0.29, 0.717) is 32.1 Å². The summed E-state index contributed by atoms with van der Waals surface area (Å²) in [6.45, 7) is 7.80. The Bertz CT molecular complexity index is 408. The standard InChI is InChI=1S/C12H24N4O2S/c1-5-9-14-12(13-6-2)15-10-11-19(17,18)16(7-3)8-4/h1H,6-11H2,2-4H3,(H2,13,14,15). The minimum atomic E-state index is -3.22. The lowest BCUT2D eigenvalue weighted by molar-refractivity contribution is 0.445. The molecule has 0 aromatic heterocycles. The third-order valence-corrected chi connectivity index (χ3v) is 4.42. The number of hydrogen-bond donors (Lipinski definition) is 2. The van der Waals surface area contributed by atoms with Crippen molar-refractivity contribution < 1.29 is 8.42 Å². The highest BCUT2D eigenvalue weighted by atomic mass is 32.2. The summed E-state index contributed by atoms with van der Waals surface area (Å²) in [4.78, 5) is 4.18. The molecule has 0 aliphatic rings. The molecule has 0 atom stereocenters. The smallest absolute Gasteiger partial charge is 0.215 e. The monoisotopic (exact) mass is 288 g/mol. The van der Waals surface area contributed by atoms with Crippen LogP contribution in [0, 0.1) is 12.3 Å². The molecule has 0 bridgehead atoms. The zero-order valence-corrected chi connectivity index (χ0v) is 12.8. The predicted octanol–water partition coefficient (Wildman–Crippen LogP) is -0.154. The maximum absolute atomic E-state index is 11.9. The molecule has 0 unspecified atom stereocenters. The minimum Gasteiger partial charge on any atom is -0.357 e. The minimum absolute atomic E-state index is 0.00130. The lowest BCUT2D eigenvalue weighted by atomic mass is 10.6. The fourth-order valence-electron chi connectivity index (χ4n) is 1.50. The predicted molar refractivity (Wildman–Crippen MR) is 79.5 cm³/mol. The van der Waals surface area contributed by atoms with Crippen molar-refractivity contribution in [2.45, 2.75) is 20.8 Å². The van der Waals surface area contributed by atoms with Crippen molar-refractivity contribution in [2.75, 3.05) is 38.5 Å². The van der Waals surface area contributed by atoms with Gasteiger partial charge in [-0.25, -0.2) is 12.7 Å². The van der Waals surface area contributed by atoms with Crippen molar-refractivity contribution in [1.82, 2.24) is 14.9 Å². The Kier molecular flexibility index (Phi) is 9.00. The number of nitrogens with zero attached hydrogens (tertiary/aromatic N) is 2. The van der Waals surface area contributed by atoms with Crippen molar-refractivity contribution in [3.63, 3.8) is 0 Å². The summed E-state index contributed by atoms with van der Waals surface area (Å²) in [6, 6.07) is 0. The number of hydrogen-bond acceptors (Lipinski definition) is 3. The lowest BCUT2D eigenvalue weighted by Gasteiger charge is -2.17. The first-order valence-corrected chi connectivity index (χ1v) is 8.06.